The molecule has 1 atom stereocenters. The number of methoxy groups -OCH3 is 1. The summed E-state index contributed by atoms with van der Waals surface area (Å²) in [6.45, 7) is 2.03. The Hall–Kier alpha value is -3.80. The van der Waals surface area contributed by atoms with Crippen LogP contribution in [-0.2, 0) is 4.79 Å². The van der Waals surface area contributed by atoms with Crippen molar-refractivity contribution in [2.24, 2.45) is 0 Å². The lowest BCUT2D eigenvalue weighted by atomic mass is 10.1. The van der Waals surface area contributed by atoms with Crippen molar-refractivity contribution in [2.75, 3.05) is 24.3 Å². The number of carbonyl (C=O) groups is 2. The van der Waals surface area contributed by atoms with E-state index in [9.17, 15) is 9.59 Å². The first-order chi connectivity index (χ1) is 14.5. The monoisotopic (exact) mass is 403 g/mol. The molecule has 154 valence electrons. The first kappa shape index (κ1) is 20.9. The van der Waals surface area contributed by atoms with Crippen LogP contribution in [0.15, 0.2) is 78.9 Å². The van der Waals surface area contributed by atoms with Crippen molar-refractivity contribution >= 4 is 23.2 Å². The number of amides is 2. The van der Waals surface area contributed by atoms with E-state index in [-0.39, 0.29) is 24.4 Å². The van der Waals surface area contributed by atoms with Gasteiger partial charge in [0.25, 0.3) is 5.91 Å². The van der Waals surface area contributed by atoms with Crippen LogP contribution in [0, 0.1) is 0 Å². The quantitative estimate of drug-likeness (QED) is 0.526. The minimum absolute atomic E-state index is 0.0919. The molecule has 0 saturated carbocycles. The van der Waals surface area contributed by atoms with Gasteiger partial charge in [-0.1, -0.05) is 42.5 Å². The number of nitrogens with one attached hydrogen (secondary N) is 3. The summed E-state index contributed by atoms with van der Waals surface area (Å²) in [6, 6.07) is 23.9. The average molecular weight is 403 g/mol. The van der Waals surface area contributed by atoms with E-state index in [1.54, 1.807) is 31.4 Å². The fraction of sp³-hybridized carbons (Fsp3) is 0.167. The van der Waals surface area contributed by atoms with Gasteiger partial charge in [0, 0.05) is 23.0 Å². The van der Waals surface area contributed by atoms with E-state index in [0.29, 0.717) is 17.0 Å². The third kappa shape index (κ3) is 5.85. The lowest BCUT2D eigenvalue weighted by Gasteiger charge is -2.15. The van der Waals surface area contributed by atoms with Crippen LogP contribution in [0.5, 0.6) is 5.75 Å². The molecule has 3 N–H and O–H groups in total. The lowest BCUT2D eigenvalue weighted by molar-refractivity contribution is -0.114. The van der Waals surface area contributed by atoms with Gasteiger partial charge in [0.05, 0.1) is 19.7 Å². The molecule has 6 nitrogen and oxygen atoms in total. The Balaban J connectivity index is 1.56. The molecule has 0 fully saturated rings. The summed E-state index contributed by atoms with van der Waals surface area (Å²) in [7, 11) is 1.59. The normalized spacial score (nSPS) is 11.3. The standard InChI is InChI=1S/C24H25N3O3/c1-17(18-8-4-3-5-9-18)26-24(29)19-10-6-12-21(14-19)27-23(28)16-25-20-11-7-13-22(15-20)30-2/h3-15,17,25H,16H2,1-2H3,(H,26,29)(H,27,28). The number of hydrogen-bond acceptors (Lipinski definition) is 4. The third-order valence-electron chi connectivity index (χ3n) is 4.58. The Labute approximate surface area is 176 Å². The molecule has 6 heteroatoms. The molecule has 0 saturated heterocycles. The van der Waals surface area contributed by atoms with Gasteiger partial charge < -0.3 is 20.7 Å². The second kappa shape index (κ2) is 10.1. The molecular formula is C24H25N3O3. The van der Waals surface area contributed by atoms with Crippen molar-refractivity contribution < 1.29 is 14.3 Å². The lowest BCUT2D eigenvalue weighted by Crippen LogP contribution is -2.27. The van der Waals surface area contributed by atoms with Crippen LogP contribution >= 0.6 is 0 Å². The van der Waals surface area contributed by atoms with Crippen molar-refractivity contribution in [2.45, 2.75) is 13.0 Å². The van der Waals surface area contributed by atoms with Crippen LogP contribution in [0.2, 0.25) is 0 Å². The molecule has 3 aromatic carbocycles. The molecule has 0 radical (unpaired) electrons. The zero-order valence-corrected chi connectivity index (χ0v) is 17.0. The largest absolute Gasteiger partial charge is 0.497 e. The number of benzene rings is 3. The van der Waals surface area contributed by atoms with Crippen molar-refractivity contribution in [1.82, 2.24) is 5.32 Å². The maximum atomic E-state index is 12.6. The highest BCUT2D eigenvalue weighted by Gasteiger charge is 2.12. The van der Waals surface area contributed by atoms with Gasteiger partial charge in [0.15, 0.2) is 0 Å². The number of anilines is 2. The van der Waals surface area contributed by atoms with Crippen LogP contribution in [0.25, 0.3) is 0 Å². The van der Waals surface area contributed by atoms with Crippen LogP contribution in [0.4, 0.5) is 11.4 Å². The predicted molar refractivity (Wildman–Crippen MR) is 119 cm³/mol. The molecule has 1 unspecified atom stereocenters. The van der Waals surface area contributed by atoms with E-state index in [1.165, 1.54) is 0 Å². The summed E-state index contributed by atoms with van der Waals surface area (Å²) in [6.07, 6.45) is 0. The Morgan fingerprint density at radius 2 is 1.63 bits per heavy atom. The Morgan fingerprint density at radius 3 is 2.40 bits per heavy atom. The molecule has 0 aromatic heterocycles. The summed E-state index contributed by atoms with van der Waals surface area (Å²) in [5.74, 6) is 0.300. The average Bonchev–Trinajstić information content (AvgIpc) is 2.78. The fourth-order valence-electron chi connectivity index (χ4n) is 2.96. The molecule has 0 aliphatic heterocycles. The minimum Gasteiger partial charge on any atom is -0.497 e. The summed E-state index contributed by atoms with van der Waals surface area (Å²) in [4.78, 5) is 24.9. The van der Waals surface area contributed by atoms with E-state index in [1.807, 2.05) is 61.5 Å². The van der Waals surface area contributed by atoms with E-state index in [4.69, 9.17) is 4.74 Å². The smallest absolute Gasteiger partial charge is 0.251 e. The van der Waals surface area contributed by atoms with Crippen LogP contribution < -0.4 is 20.7 Å². The molecule has 0 aliphatic carbocycles. The number of rotatable bonds is 8. The van der Waals surface area contributed by atoms with Gasteiger partial charge in [-0.2, -0.15) is 0 Å². The predicted octanol–water partition coefficient (Wildman–Crippen LogP) is 4.24. The third-order valence-corrected chi connectivity index (χ3v) is 4.58. The van der Waals surface area contributed by atoms with Crippen molar-refractivity contribution in [3.8, 4) is 5.75 Å². The Bertz CT molecular complexity index is 1010. The highest BCUT2D eigenvalue weighted by atomic mass is 16.5. The number of hydrogen-bond donors (Lipinski definition) is 3. The van der Waals surface area contributed by atoms with Gasteiger partial charge in [-0.15, -0.1) is 0 Å². The van der Waals surface area contributed by atoms with Gasteiger partial charge in [-0.3, -0.25) is 9.59 Å². The first-order valence-electron chi connectivity index (χ1n) is 9.69. The van der Waals surface area contributed by atoms with Gasteiger partial charge in [0.2, 0.25) is 5.91 Å². The van der Waals surface area contributed by atoms with Gasteiger partial charge in [-0.05, 0) is 42.8 Å². The van der Waals surface area contributed by atoms with E-state index in [2.05, 4.69) is 16.0 Å². The molecular weight excluding hydrogens is 378 g/mol. The minimum atomic E-state index is -0.215. The van der Waals surface area contributed by atoms with Crippen LogP contribution in [0.3, 0.4) is 0 Å². The highest BCUT2D eigenvalue weighted by Crippen LogP contribution is 2.17. The molecule has 3 rings (SSSR count). The van der Waals surface area contributed by atoms with E-state index >= 15 is 0 Å². The van der Waals surface area contributed by atoms with Gasteiger partial charge in [-0.25, -0.2) is 0 Å². The molecule has 30 heavy (non-hydrogen) atoms. The first-order valence-corrected chi connectivity index (χ1v) is 9.69. The summed E-state index contributed by atoms with van der Waals surface area (Å²) >= 11 is 0. The second-order valence-corrected chi connectivity index (χ2v) is 6.82. The topological polar surface area (TPSA) is 79.5 Å². The highest BCUT2D eigenvalue weighted by molar-refractivity contribution is 5.98. The van der Waals surface area contributed by atoms with Crippen molar-refractivity contribution in [1.29, 1.82) is 0 Å². The van der Waals surface area contributed by atoms with Crippen molar-refractivity contribution in [3.63, 3.8) is 0 Å². The molecule has 0 bridgehead atoms. The summed E-state index contributed by atoms with van der Waals surface area (Å²) < 4.78 is 5.17. The number of ether oxygens (including phenoxy) is 1. The van der Waals surface area contributed by atoms with Gasteiger partial charge >= 0.3 is 0 Å². The Kier molecular flexibility index (Phi) is 7.05. The van der Waals surface area contributed by atoms with Crippen LogP contribution in [0.1, 0.15) is 28.9 Å². The Morgan fingerprint density at radius 1 is 0.900 bits per heavy atom. The SMILES string of the molecule is COc1cccc(NCC(=O)Nc2cccc(C(=O)NC(C)c3ccccc3)c2)c1. The zero-order valence-electron chi connectivity index (χ0n) is 17.0. The number of carbonyl (C=O) groups excluding carboxylic acids is 2. The molecule has 3 aromatic rings. The van der Waals surface area contributed by atoms with E-state index in [0.717, 1.165) is 11.3 Å². The van der Waals surface area contributed by atoms with Crippen LogP contribution in [-0.4, -0.2) is 25.5 Å². The fourth-order valence-corrected chi connectivity index (χ4v) is 2.96. The molecule has 0 heterocycles. The molecule has 2 amide bonds. The maximum Gasteiger partial charge on any atom is 0.251 e. The van der Waals surface area contributed by atoms with Crippen molar-refractivity contribution in [3.05, 3.63) is 90.0 Å². The van der Waals surface area contributed by atoms with E-state index < -0.39 is 0 Å². The summed E-state index contributed by atoms with van der Waals surface area (Å²) in [5, 5.41) is 8.83. The molecule has 0 aliphatic rings. The molecule has 0 spiro atoms. The summed E-state index contributed by atoms with van der Waals surface area (Å²) in [5.41, 5.74) is 2.86. The zero-order chi connectivity index (χ0) is 21.3. The maximum absolute atomic E-state index is 12.6. The second-order valence-electron chi connectivity index (χ2n) is 6.82. The van der Waals surface area contributed by atoms with Gasteiger partial charge in [0.1, 0.15) is 5.75 Å².